The van der Waals surface area contributed by atoms with E-state index in [2.05, 4.69) is 0 Å². The number of nitrogens with zero attached hydrogens (tertiary/aromatic N) is 1. The second-order valence-electron chi connectivity index (χ2n) is 5.48. The third-order valence-corrected chi connectivity index (χ3v) is 3.09. The van der Waals surface area contributed by atoms with Crippen molar-refractivity contribution in [1.29, 1.82) is 0 Å². The van der Waals surface area contributed by atoms with Crippen molar-refractivity contribution in [3.05, 3.63) is 34.9 Å². The fourth-order valence-electron chi connectivity index (χ4n) is 2.32. The number of hydrogen-bond donors (Lipinski definition) is 1. The maximum absolute atomic E-state index is 12.9. The summed E-state index contributed by atoms with van der Waals surface area (Å²) in [5.74, 6) is -0.582. The number of carbonyl (C=O) groups excluding carboxylic acids is 1. The first kappa shape index (κ1) is 13.9. The van der Waals surface area contributed by atoms with Crippen molar-refractivity contribution in [1.82, 2.24) is 4.90 Å². The molecule has 2 rings (SSSR count). The Morgan fingerprint density at radius 1 is 1.21 bits per heavy atom. The highest BCUT2D eigenvalue weighted by atomic mass is 19.4. The van der Waals surface area contributed by atoms with E-state index in [9.17, 15) is 23.1 Å². The molecule has 0 spiro atoms. The van der Waals surface area contributed by atoms with E-state index >= 15 is 0 Å². The van der Waals surface area contributed by atoms with Gasteiger partial charge in [-0.25, -0.2) is 0 Å². The number of halogens is 3. The topological polar surface area (TPSA) is 40.5 Å². The van der Waals surface area contributed by atoms with Crippen LogP contribution in [0.5, 0.6) is 0 Å². The Hall–Kier alpha value is -1.56. The molecule has 1 amide bonds. The predicted molar refractivity (Wildman–Crippen MR) is 62.3 cm³/mol. The number of aliphatic hydroxyl groups is 1. The molecular formula is C13H14F3NO2. The molecule has 1 aliphatic rings. The summed E-state index contributed by atoms with van der Waals surface area (Å²) in [5.41, 5.74) is -2.16. The Morgan fingerprint density at radius 3 is 2.26 bits per heavy atom. The number of rotatable bonds is 0. The first-order valence-electron chi connectivity index (χ1n) is 5.77. The van der Waals surface area contributed by atoms with Crippen molar-refractivity contribution in [3.63, 3.8) is 0 Å². The van der Waals surface area contributed by atoms with Crippen LogP contribution in [0.1, 0.15) is 48.5 Å². The average Bonchev–Trinajstić information content (AvgIpc) is 2.49. The van der Waals surface area contributed by atoms with Gasteiger partial charge in [-0.2, -0.15) is 13.2 Å². The molecule has 0 aliphatic carbocycles. The number of hydrogen-bond acceptors (Lipinski definition) is 2. The fraction of sp³-hybridized carbons (Fsp3) is 0.462. The quantitative estimate of drug-likeness (QED) is 0.789. The second kappa shape index (κ2) is 3.96. The van der Waals surface area contributed by atoms with Gasteiger partial charge in [0.05, 0.1) is 5.56 Å². The highest BCUT2D eigenvalue weighted by Crippen LogP contribution is 2.43. The van der Waals surface area contributed by atoms with Crippen LogP contribution in [0.4, 0.5) is 13.2 Å². The molecule has 19 heavy (non-hydrogen) atoms. The zero-order valence-electron chi connectivity index (χ0n) is 10.7. The third kappa shape index (κ3) is 2.10. The standard InChI is InChI=1S/C13H14F3NO2/c1-12(2,3)17-10(18)7-5-4-6-8(13(14,15)16)9(7)11(17)19/h4-6,11,19H,1-3H3. The molecule has 0 saturated heterocycles. The van der Waals surface area contributed by atoms with Gasteiger partial charge < -0.3 is 10.0 Å². The number of carbonyl (C=O) groups is 1. The van der Waals surface area contributed by atoms with Gasteiger partial charge in [-0.05, 0) is 32.9 Å². The number of fused-ring (bicyclic) bond motifs is 1. The van der Waals surface area contributed by atoms with E-state index in [0.29, 0.717) is 0 Å². The van der Waals surface area contributed by atoms with Gasteiger partial charge in [0.1, 0.15) is 0 Å². The summed E-state index contributed by atoms with van der Waals surface area (Å²) in [4.78, 5) is 13.2. The van der Waals surface area contributed by atoms with E-state index in [1.165, 1.54) is 12.1 Å². The van der Waals surface area contributed by atoms with E-state index in [-0.39, 0.29) is 11.1 Å². The maximum Gasteiger partial charge on any atom is 0.416 e. The first-order valence-corrected chi connectivity index (χ1v) is 5.77. The zero-order chi connectivity index (χ0) is 14.6. The Morgan fingerprint density at radius 2 is 1.79 bits per heavy atom. The van der Waals surface area contributed by atoms with Crippen molar-refractivity contribution in [2.24, 2.45) is 0 Å². The number of aliphatic hydroxyl groups excluding tert-OH is 1. The smallest absolute Gasteiger partial charge is 0.369 e. The minimum absolute atomic E-state index is 0.0859. The van der Waals surface area contributed by atoms with Crippen molar-refractivity contribution >= 4 is 5.91 Å². The van der Waals surface area contributed by atoms with Crippen LogP contribution in [-0.2, 0) is 6.18 Å². The molecule has 0 fully saturated rings. The molecule has 104 valence electrons. The van der Waals surface area contributed by atoms with Gasteiger partial charge in [0.15, 0.2) is 6.23 Å². The third-order valence-electron chi connectivity index (χ3n) is 3.09. The predicted octanol–water partition coefficient (Wildman–Crippen LogP) is 2.95. The molecule has 6 heteroatoms. The highest BCUT2D eigenvalue weighted by molar-refractivity contribution is 5.99. The lowest BCUT2D eigenvalue weighted by molar-refractivity contribution is -0.140. The van der Waals surface area contributed by atoms with Crippen LogP contribution in [0, 0.1) is 0 Å². The molecule has 1 atom stereocenters. The second-order valence-corrected chi connectivity index (χ2v) is 5.48. The van der Waals surface area contributed by atoms with Gasteiger partial charge >= 0.3 is 6.18 Å². The molecule has 0 radical (unpaired) electrons. The summed E-state index contributed by atoms with van der Waals surface area (Å²) < 4.78 is 38.8. The van der Waals surface area contributed by atoms with Crippen LogP contribution in [0.3, 0.4) is 0 Å². The van der Waals surface area contributed by atoms with E-state index in [4.69, 9.17) is 0 Å². The fourth-order valence-corrected chi connectivity index (χ4v) is 2.32. The van der Waals surface area contributed by atoms with Crippen LogP contribution >= 0.6 is 0 Å². The Labute approximate surface area is 108 Å². The number of benzene rings is 1. The summed E-state index contributed by atoms with van der Waals surface area (Å²) in [5, 5.41) is 10.1. The van der Waals surface area contributed by atoms with Crippen molar-refractivity contribution in [2.45, 2.75) is 38.7 Å². The summed E-state index contributed by atoms with van der Waals surface area (Å²) in [6.45, 7) is 4.98. The van der Waals surface area contributed by atoms with Crippen LogP contribution in [0.15, 0.2) is 18.2 Å². The molecule has 1 aliphatic heterocycles. The lowest BCUT2D eigenvalue weighted by Gasteiger charge is -2.34. The van der Waals surface area contributed by atoms with Crippen LogP contribution in [0.2, 0.25) is 0 Å². The molecule has 1 heterocycles. The molecule has 3 nitrogen and oxygen atoms in total. The highest BCUT2D eigenvalue weighted by Gasteiger charge is 2.47. The van der Waals surface area contributed by atoms with Crippen LogP contribution in [-0.4, -0.2) is 21.5 Å². The largest absolute Gasteiger partial charge is 0.416 e. The number of amides is 1. The minimum Gasteiger partial charge on any atom is -0.369 e. The SMILES string of the molecule is CC(C)(C)N1C(=O)c2cccc(C(F)(F)F)c2C1O. The summed E-state index contributed by atoms with van der Waals surface area (Å²) in [6, 6.07) is 3.36. The Bertz CT molecular complexity index is 532. The summed E-state index contributed by atoms with van der Waals surface area (Å²) in [6.07, 6.45) is -6.17. The Kier molecular flexibility index (Phi) is 2.89. The number of alkyl halides is 3. The van der Waals surface area contributed by atoms with Crippen molar-refractivity contribution in [2.75, 3.05) is 0 Å². The molecule has 0 saturated carbocycles. The molecule has 1 N–H and O–H groups in total. The Balaban J connectivity index is 2.64. The van der Waals surface area contributed by atoms with E-state index < -0.39 is 29.4 Å². The van der Waals surface area contributed by atoms with Gasteiger partial charge in [0.25, 0.3) is 5.91 Å². The summed E-state index contributed by atoms with van der Waals surface area (Å²) in [7, 11) is 0. The molecule has 1 unspecified atom stereocenters. The first-order chi connectivity index (χ1) is 8.55. The molecule has 1 aromatic rings. The van der Waals surface area contributed by atoms with Crippen LogP contribution in [0.25, 0.3) is 0 Å². The normalized spacial score (nSPS) is 19.8. The van der Waals surface area contributed by atoms with Crippen LogP contribution < -0.4 is 0 Å². The van der Waals surface area contributed by atoms with E-state index in [0.717, 1.165) is 11.0 Å². The van der Waals surface area contributed by atoms with Crippen molar-refractivity contribution in [3.8, 4) is 0 Å². The molecule has 1 aromatic carbocycles. The van der Waals surface area contributed by atoms with Gasteiger partial charge in [-0.3, -0.25) is 4.79 Å². The lowest BCUT2D eigenvalue weighted by atomic mass is 10.0. The van der Waals surface area contributed by atoms with Crippen molar-refractivity contribution < 1.29 is 23.1 Å². The monoisotopic (exact) mass is 273 g/mol. The summed E-state index contributed by atoms with van der Waals surface area (Å²) >= 11 is 0. The molecular weight excluding hydrogens is 259 g/mol. The van der Waals surface area contributed by atoms with E-state index in [1.807, 2.05) is 0 Å². The zero-order valence-corrected chi connectivity index (χ0v) is 10.7. The molecule has 0 bridgehead atoms. The van der Waals surface area contributed by atoms with Gasteiger partial charge in [-0.1, -0.05) is 6.07 Å². The van der Waals surface area contributed by atoms with Gasteiger partial charge in [0, 0.05) is 16.7 Å². The van der Waals surface area contributed by atoms with Gasteiger partial charge in [-0.15, -0.1) is 0 Å². The van der Waals surface area contributed by atoms with E-state index in [1.54, 1.807) is 20.8 Å². The lowest BCUT2D eigenvalue weighted by Crippen LogP contribution is -2.43. The van der Waals surface area contributed by atoms with Gasteiger partial charge in [0.2, 0.25) is 0 Å². The molecule has 0 aromatic heterocycles. The minimum atomic E-state index is -4.60. The average molecular weight is 273 g/mol. The maximum atomic E-state index is 12.9.